The first-order valence-electron chi connectivity index (χ1n) is 3.12. The van der Waals surface area contributed by atoms with Crippen LogP contribution in [-0.4, -0.2) is 28.2 Å². The fraction of sp³-hybridized carbons (Fsp3) is 0.667. The van der Waals surface area contributed by atoms with Crippen molar-refractivity contribution in [3.63, 3.8) is 0 Å². The van der Waals surface area contributed by atoms with E-state index in [2.05, 4.69) is 25.3 Å². The molecule has 0 aromatic rings. The van der Waals surface area contributed by atoms with Crippen LogP contribution in [0.25, 0.3) is 0 Å². The summed E-state index contributed by atoms with van der Waals surface area (Å²) in [6, 6.07) is 0. The van der Waals surface area contributed by atoms with E-state index in [0.29, 0.717) is 0 Å². The van der Waals surface area contributed by atoms with Crippen LogP contribution in [-0.2, 0) is 0 Å². The van der Waals surface area contributed by atoms with E-state index >= 15 is 0 Å². The molecule has 0 amide bonds. The van der Waals surface area contributed by atoms with E-state index in [-0.39, 0.29) is 0 Å². The quantitative estimate of drug-likeness (QED) is 0.491. The summed E-state index contributed by atoms with van der Waals surface area (Å²) in [5.74, 6) is 0. The normalized spacial score (nSPS) is 9.25. The molecule has 0 aromatic carbocycles. The maximum atomic E-state index is 3.88. The van der Waals surface area contributed by atoms with E-state index in [1.165, 1.54) is 5.32 Å². The lowest BCUT2D eigenvalue weighted by molar-refractivity contribution is 0.408. The highest BCUT2D eigenvalue weighted by Crippen LogP contribution is 1.92. The van der Waals surface area contributed by atoms with Crippen LogP contribution in [0.4, 0.5) is 0 Å². The fourth-order valence-corrected chi connectivity index (χ4v) is 1.40. The zero-order valence-corrected chi connectivity index (χ0v) is 8.07. The van der Waals surface area contributed by atoms with Crippen LogP contribution in [0.3, 0.4) is 0 Å². The second-order valence-corrected chi connectivity index (χ2v) is 3.06. The maximum absolute atomic E-state index is 3.88. The van der Waals surface area contributed by atoms with Crippen molar-refractivity contribution in [2.24, 2.45) is 0 Å². The van der Waals surface area contributed by atoms with Crippen molar-refractivity contribution in [3.8, 4) is 0 Å². The van der Waals surface area contributed by atoms with Crippen LogP contribution in [0.15, 0.2) is 11.9 Å². The molecule has 0 heterocycles. The van der Waals surface area contributed by atoms with Crippen LogP contribution in [0.2, 0.25) is 0 Å². The van der Waals surface area contributed by atoms with Gasteiger partial charge in [0.1, 0.15) is 0 Å². The smallest absolute Gasteiger partial charge is 0.0582 e. The highest BCUT2D eigenvalue weighted by Gasteiger charge is 1.92. The van der Waals surface area contributed by atoms with Crippen molar-refractivity contribution >= 4 is 10.2 Å². The lowest BCUT2D eigenvalue weighted by Crippen LogP contribution is -2.21. The minimum atomic E-state index is 1.10. The van der Waals surface area contributed by atoms with Gasteiger partial charge < -0.3 is 4.90 Å². The molecule has 0 aliphatic carbocycles. The van der Waals surface area contributed by atoms with Gasteiger partial charge in [0.2, 0.25) is 0 Å². The zero-order chi connectivity index (χ0) is 6.57. The molecule has 0 unspecified atom stereocenters. The van der Waals surface area contributed by atoms with Gasteiger partial charge in [0.05, 0.1) is 10.2 Å². The van der Waals surface area contributed by atoms with E-state index in [9.17, 15) is 0 Å². The minimum absolute atomic E-state index is 1.10. The van der Waals surface area contributed by atoms with E-state index in [0.717, 1.165) is 23.3 Å². The molecule has 2 heteroatoms. The molecule has 8 heavy (non-hydrogen) atoms. The Morgan fingerprint density at radius 1 is 1.50 bits per heavy atom. The topological polar surface area (TPSA) is 3.24 Å². The predicted molar refractivity (Wildman–Crippen MR) is 42.0 cm³/mol. The van der Waals surface area contributed by atoms with Gasteiger partial charge in [0, 0.05) is 13.1 Å². The van der Waals surface area contributed by atoms with Gasteiger partial charge >= 0.3 is 0 Å². The average Bonchev–Trinajstić information content (AvgIpc) is 1.69. The Labute approximate surface area is 54.8 Å². The van der Waals surface area contributed by atoms with Crippen LogP contribution in [0, 0.1) is 0 Å². The predicted octanol–water partition coefficient (Wildman–Crippen LogP) is 0.165. The van der Waals surface area contributed by atoms with Gasteiger partial charge in [-0.3, -0.25) is 0 Å². The Morgan fingerprint density at radius 3 is 1.88 bits per heavy atom. The molecule has 0 aromatic heterocycles. The Balaban J connectivity index is 3.52. The van der Waals surface area contributed by atoms with Gasteiger partial charge in [-0.2, -0.15) is 0 Å². The molecule has 0 aliphatic rings. The molecule has 0 aliphatic heterocycles. The maximum Gasteiger partial charge on any atom is 0.0582 e. The van der Waals surface area contributed by atoms with Crippen molar-refractivity contribution in [3.05, 3.63) is 11.9 Å². The molecule has 0 bridgehead atoms. The van der Waals surface area contributed by atoms with Crippen molar-refractivity contribution < 1.29 is 0 Å². The van der Waals surface area contributed by atoms with Gasteiger partial charge in [-0.1, -0.05) is 6.58 Å². The second-order valence-electron chi connectivity index (χ2n) is 1.91. The third kappa shape index (κ3) is 2.16. The number of hydrogen-bond acceptors (Lipinski definition) is 1. The van der Waals surface area contributed by atoms with Gasteiger partial charge in [0.25, 0.3) is 0 Å². The van der Waals surface area contributed by atoms with Gasteiger partial charge in [-0.05, 0) is 19.2 Å². The van der Waals surface area contributed by atoms with Gasteiger partial charge in [-0.25, -0.2) is 0 Å². The first-order chi connectivity index (χ1) is 3.72. The molecule has 0 fully saturated rings. The summed E-state index contributed by atoms with van der Waals surface area (Å²) in [6.45, 7) is 10.4. The largest absolute Gasteiger partial charge is 0.381 e. The summed E-state index contributed by atoms with van der Waals surface area (Å²) < 4.78 is 0. The van der Waals surface area contributed by atoms with Gasteiger partial charge in [0.15, 0.2) is 0 Å². The molecule has 1 nitrogen and oxygen atoms in total. The summed E-state index contributed by atoms with van der Waals surface area (Å²) >= 11 is 0. The van der Waals surface area contributed by atoms with Crippen LogP contribution in [0.5, 0.6) is 0 Å². The molecule has 0 spiro atoms. The third-order valence-electron chi connectivity index (χ3n) is 1.30. The SMILES string of the molecule is C=C([SiH3])N(CC)CC. The molecule has 48 valence electrons. The summed E-state index contributed by atoms with van der Waals surface area (Å²) in [4.78, 5) is 2.28. The molecule has 0 atom stereocenters. The highest BCUT2D eigenvalue weighted by atomic mass is 28.1. The van der Waals surface area contributed by atoms with Crippen molar-refractivity contribution in [1.82, 2.24) is 4.90 Å². The monoisotopic (exact) mass is 129 g/mol. The molecule has 0 saturated carbocycles. The summed E-state index contributed by atoms with van der Waals surface area (Å²) in [6.07, 6.45) is 0. The van der Waals surface area contributed by atoms with Crippen molar-refractivity contribution in [1.29, 1.82) is 0 Å². The summed E-state index contributed by atoms with van der Waals surface area (Å²) in [5, 5.41) is 1.30. The standard InChI is InChI=1S/C6H15NSi/c1-4-7(5-2)6(3)8/h3-5H2,1-2,8H3. The second kappa shape index (κ2) is 3.72. The Kier molecular flexibility index (Phi) is 3.61. The zero-order valence-electron chi connectivity index (χ0n) is 6.07. The fourth-order valence-electron chi connectivity index (χ4n) is 0.763. The molecule has 0 rings (SSSR count). The summed E-state index contributed by atoms with van der Waals surface area (Å²) in [7, 11) is 1.10. The van der Waals surface area contributed by atoms with E-state index in [1.54, 1.807) is 0 Å². The van der Waals surface area contributed by atoms with Gasteiger partial charge in [-0.15, -0.1) is 0 Å². The summed E-state index contributed by atoms with van der Waals surface area (Å²) in [5.41, 5.74) is 0. The minimum Gasteiger partial charge on any atom is -0.381 e. The highest BCUT2D eigenvalue weighted by molar-refractivity contribution is 6.20. The first kappa shape index (κ1) is 7.76. The van der Waals surface area contributed by atoms with E-state index < -0.39 is 0 Å². The van der Waals surface area contributed by atoms with E-state index in [1.807, 2.05) is 0 Å². The number of rotatable bonds is 3. The van der Waals surface area contributed by atoms with E-state index in [4.69, 9.17) is 0 Å². The van der Waals surface area contributed by atoms with Crippen LogP contribution >= 0.6 is 0 Å². The Hall–Kier alpha value is -0.243. The number of hydrogen-bond donors (Lipinski definition) is 0. The molecule has 0 radical (unpaired) electrons. The molecular formula is C6H15NSi. The first-order valence-corrected chi connectivity index (χ1v) is 4.12. The third-order valence-corrected chi connectivity index (χ3v) is 1.94. The lowest BCUT2D eigenvalue weighted by Gasteiger charge is -2.19. The number of nitrogens with zero attached hydrogens (tertiary/aromatic N) is 1. The average molecular weight is 129 g/mol. The molecule has 0 N–H and O–H groups in total. The molecular weight excluding hydrogens is 114 g/mol. The molecule has 0 saturated heterocycles. The van der Waals surface area contributed by atoms with Crippen LogP contribution in [0.1, 0.15) is 13.8 Å². The lowest BCUT2D eigenvalue weighted by atomic mass is 10.5. The van der Waals surface area contributed by atoms with Crippen molar-refractivity contribution in [2.45, 2.75) is 13.8 Å². The van der Waals surface area contributed by atoms with Crippen LogP contribution < -0.4 is 0 Å². The Morgan fingerprint density at radius 2 is 1.88 bits per heavy atom. The van der Waals surface area contributed by atoms with Crippen molar-refractivity contribution in [2.75, 3.05) is 13.1 Å². The Bertz CT molecular complexity index is 76.6.